The zero-order valence-corrected chi connectivity index (χ0v) is 10.9. The molecule has 0 fully saturated rings. The predicted molar refractivity (Wildman–Crippen MR) is 66.2 cm³/mol. The molecular weight excluding hydrogens is 232 g/mol. The summed E-state index contributed by atoms with van der Waals surface area (Å²) >= 11 is 0. The maximum atomic E-state index is 5.62. The second-order valence-corrected chi connectivity index (χ2v) is 4.06. The standard InChI is InChI=1S/C12H18N4O2/c1-4-13-6-11-5-10(9(2)18-11)7-17-12-14-8-16(3)15-12/h5,8,13H,4,6-7H2,1-3H3. The fraction of sp³-hybridized carbons (Fsp3) is 0.500. The van der Waals surface area contributed by atoms with E-state index in [0.717, 1.165) is 30.2 Å². The molecule has 0 spiro atoms. The maximum absolute atomic E-state index is 5.62. The van der Waals surface area contributed by atoms with Crippen LogP contribution in [0.3, 0.4) is 0 Å². The fourth-order valence-corrected chi connectivity index (χ4v) is 1.59. The molecule has 2 aromatic rings. The Kier molecular flexibility index (Phi) is 3.99. The first-order chi connectivity index (χ1) is 8.69. The van der Waals surface area contributed by atoms with Crippen LogP contribution >= 0.6 is 0 Å². The van der Waals surface area contributed by atoms with Crippen molar-refractivity contribution in [2.24, 2.45) is 7.05 Å². The molecule has 6 nitrogen and oxygen atoms in total. The second kappa shape index (κ2) is 5.68. The van der Waals surface area contributed by atoms with Crippen LogP contribution < -0.4 is 10.1 Å². The Morgan fingerprint density at radius 3 is 3.00 bits per heavy atom. The molecule has 98 valence electrons. The minimum atomic E-state index is 0.381. The number of hydrogen-bond acceptors (Lipinski definition) is 5. The molecule has 0 atom stereocenters. The minimum Gasteiger partial charge on any atom is -0.465 e. The van der Waals surface area contributed by atoms with Gasteiger partial charge in [-0.05, 0) is 19.5 Å². The fourth-order valence-electron chi connectivity index (χ4n) is 1.59. The predicted octanol–water partition coefficient (Wildman–Crippen LogP) is 1.41. The molecule has 2 rings (SSSR count). The molecule has 6 heteroatoms. The van der Waals surface area contributed by atoms with Crippen molar-refractivity contribution < 1.29 is 9.15 Å². The molecule has 1 N–H and O–H groups in total. The highest BCUT2D eigenvalue weighted by Crippen LogP contribution is 2.16. The maximum Gasteiger partial charge on any atom is 0.335 e. The van der Waals surface area contributed by atoms with Gasteiger partial charge >= 0.3 is 6.01 Å². The lowest BCUT2D eigenvalue weighted by Crippen LogP contribution is -2.10. The van der Waals surface area contributed by atoms with Crippen molar-refractivity contribution in [2.45, 2.75) is 27.0 Å². The molecule has 18 heavy (non-hydrogen) atoms. The number of ether oxygens (including phenoxy) is 1. The Morgan fingerprint density at radius 1 is 1.50 bits per heavy atom. The van der Waals surface area contributed by atoms with E-state index >= 15 is 0 Å². The van der Waals surface area contributed by atoms with Crippen LogP contribution in [-0.4, -0.2) is 21.3 Å². The van der Waals surface area contributed by atoms with Gasteiger partial charge in [-0.3, -0.25) is 4.68 Å². The number of hydrogen-bond donors (Lipinski definition) is 1. The summed E-state index contributed by atoms with van der Waals surface area (Å²) < 4.78 is 12.7. The molecule has 0 saturated heterocycles. The third-order valence-electron chi connectivity index (χ3n) is 2.56. The van der Waals surface area contributed by atoms with Crippen molar-refractivity contribution >= 4 is 0 Å². The lowest BCUT2D eigenvalue weighted by Gasteiger charge is -1.98. The molecule has 0 bridgehead atoms. The minimum absolute atomic E-state index is 0.381. The summed E-state index contributed by atoms with van der Waals surface area (Å²) in [5.41, 5.74) is 1.02. The summed E-state index contributed by atoms with van der Waals surface area (Å²) in [7, 11) is 1.80. The molecule has 0 saturated carbocycles. The average Bonchev–Trinajstić information content (AvgIpc) is 2.90. The summed E-state index contributed by atoms with van der Waals surface area (Å²) in [6.45, 7) is 6.07. The van der Waals surface area contributed by atoms with Crippen LogP contribution in [0.1, 0.15) is 24.0 Å². The zero-order chi connectivity index (χ0) is 13.0. The van der Waals surface area contributed by atoms with E-state index < -0.39 is 0 Å². The van der Waals surface area contributed by atoms with E-state index in [1.165, 1.54) is 0 Å². The van der Waals surface area contributed by atoms with Gasteiger partial charge in [0.05, 0.1) is 6.54 Å². The highest BCUT2D eigenvalue weighted by Gasteiger charge is 2.09. The molecule has 0 aliphatic rings. The van der Waals surface area contributed by atoms with Gasteiger partial charge < -0.3 is 14.5 Å². The van der Waals surface area contributed by atoms with Crippen LogP contribution in [0, 0.1) is 6.92 Å². The van der Waals surface area contributed by atoms with Crippen molar-refractivity contribution in [3.05, 3.63) is 29.5 Å². The van der Waals surface area contributed by atoms with Gasteiger partial charge in [0.25, 0.3) is 0 Å². The van der Waals surface area contributed by atoms with E-state index in [2.05, 4.69) is 22.3 Å². The lowest BCUT2D eigenvalue weighted by atomic mass is 10.2. The van der Waals surface area contributed by atoms with Crippen molar-refractivity contribution in [1.29, 1.82) is 0 Å². The van der Waals surface area contributed by atoms with Crippen LogP contribution in [0.5, 0.6) is 6.01 Å². The summed E-state index contributed by atoms with van der Waals surface area (Å²) in [6.07, 6.45) is 1.61. The average molecular weight is 250 g/mol. The van der Waals surface area contributed by atoms with Crippen LogP contribution in [0.4, 0.5) is 0 Å². The van der Waals surface area contributed by atoms with E-state index in [1.807, 2.05) is 13.0 Å². The number of nitrogens with one attached hydrogen (secondary N) is 1. The first-order valence-electron chi connectivity index (χ1n) is 5.96. The van der Waals surface area contributed by atoms with Crippen LogP contribution in [0.15, 0.2) is 16.8 Å². The van der Waals surface area contributed by atoms with Gasteiger partial charge in [-0.1, -0.05) is 6.92 Å². The molecule has 0 aliphatic heterocycles. The first-order valence-corrected chi connectivity index (χ1v) is 5.96. The largest absolute Gasteiger partial charge is 0.465 e. The molecule has 0 aliphatic carbocycles. The SMILES string of the molecule is CCNCc1cc(COc2ncn(C)n2)c(C)o1. The van der Waals surface area contributed by atoms with Gasteiger partial charge in [-0.15, -0.1) is 5.10 Å². The Morgan fingerprint density at radius 2 is 2.33 bits per heavy atom. The normalized spacial score (nSPS) is 10.8. The second-order valence-electron chi connectivity index (χ2n) is 4.06. The number of nitrogens with zero attached hydrogens (tertiary/aromatic N) is 3. The van der Waals surface area contributed by atoms with E-state index in [4.69, 9.17) is 9.15 Å². The van der Waals surface area contributed by atoms with Gasteiger partial charge in [-0.2, -0.15) is 4.98 Å². The molecule has 2 aromatic heterocycles. The van der Waals surface area contributed by atoms with Crippen molar-refractivity contribution in [1.82, 2.24) is 20.1 Å². The van der Waals surface area contributed by atoms with E-state index in [9.17, 15) is 0 Å². The van der Waals surface area contributed by atoms with E-state index in [-0.39, 0.29) is 0 Å². The van der Waals surface area contributed by atoms with Gasteiger partial charge in [0.15, 0.2) is 0 Å². The Bertz CT molecular complexity index is 504. The Labute approximate surface area is 106 Å². The summed E-state index contributed by atoms with van der Waals surface area (Å²) in [5, 5.41) is 7.27. The molecule has 0 amide bonds. The number of rotatable bonds is 6. The number of aryl methyl sites for hydroxylation is 2. The zero-order valence-electron chi connectivity index (χ0n) is 10.9. The topological polar surface area (TPSA) is 65.1 Å². The quantitative estimate of drug-likeness (QED) is 0.839. The molecule has 0 unspecified atom stereocenters. The summed E-state index contributed by atoms with van der Waals surface area (Å²) in [4.78, 5) is 4.00. The van der Waals surface area contributed by atoms with E-state index in [0.29, 0.717) is 12.6 Å². The van der Waals surface area contributed by atoms with Crippen molar-refractivity contribution in [3.63, 3.8) is 0 Å². The highest BCUT2D eigenvalue weighted by atomic mass is 16.5. The smallest absolute Gasteiger partial charge is 0.335 e. The summed E-state index contributed by atoms with van der Waals surface area (Å²) in [6, 6.07) is 2.38. The van der Waals surface area contributed by atoms with Gasteiger partial charge in [-0.25, -0.2) is 0 Å². The van der Waals surface area contributed by atoms with Crippen LogP contribution in [0.25, 0.3) is 0 Å². The molecule has 0 radical (unpaired) electrons. The van der Waals surface area contributed by atoms with E-state index in [1.54, 1.807) is 18.1 Å². The first kappa shape index (κ1) is 12.6. The van der Waals surface area contributed by atoms with Crippen molar-refractivity contribution in [3.8, 4) is 6.01 Å². The Balaban J connectivity index is 1.94. The molecule has 0 aromatic carbocycles. The molecular formula is C12H18N4O2. The lowest BCUT2D eigenvalue weighted by molar-refractivity contribution is 0.277. The third-order valence-corrected chi connectivity index (χ3v) is 2.56. The number of aromatic nitrogens is 3. The Hall–Kier alpha value is -1.82. The van der Waals surface area contributed by atoms with Crippen molar-refractivity contribution in [2.75, 3.05) is 6.54 Å². The third kappa shape index (κ3) is 3.10. The van der Waals surface area contributed by atoms with Gasteiger partial charge in [0, 0.05) is 12.6 Å². The monoisotopic (exact) mass is 250 g/mol. The van der Waals surface area contributed by atoms with Crippen LogP contribution in [-0.2, 0) is 20.2 Å². The number of furan rings is 1. The van der Waals surface area contributed by atoms with Crippen LogP contribution in [0.2, 0.25) is 0 Å². The van der Waals surface area contributed by atoms with Gasteiger partial charge in [0.2, 0.25) is 0 Å². The highest BCUT2D eigenvalue weighted by molar-refractivity contribution is 5.20. The summed E-state index contributed by atoms with van der Waals surface area (Å²) in [5.74, 6) is 1.79. The molecule has 2 heterocycles. The van der Waals surface area contributed by atoms with Gasteiger partial charge in [0.1, 0.15) is 24.5 Å².